The summed E-state index contributed by atoms with van der Waals surface area (Å²) < 4.78 is 29.4. The van der Waals surface area contributed by atoms with Crippen LogP contribution in [0.5, 0.6) is 0 Å². The molecule has 114 valence electrons. The number of carbonyl (C=O) groups is 1. The van der Waals surface area contributed by atoms with Crippen molar-refractivity contribution in [1.29, 1.82) is 0 Å². The maximum absolute atomic E-state index is 14.1. The standard InChI is InChI=1S/C15H13F2N3O2/c16-9-7-10(17)14-12(8-9)20(6-2-4-13(21)19-22)11-3-1-5-18-15(11)14/h1,3,5,7-8,22H,2,4,6H2,(H,19,21). The molecule has 0 fully saturated rings. The molecule has 2 heterocycles. The molecule has 0 spiro atoms. The van der Waals surface area contributed by atoms with Crippen molar-refractivity contribution in [3.8, 4) is 0 Å². The summed E-state index contributed by atoms with van der Waals surface area (Å²) in [5.74, 6) is -1.83. The van der Waals surface area contributed by atoms with E-state index in [1.54, 1.807) is 28.4 Å². The number of rotatable bonds is 4. The number of benzene rings is 1. The Labute approximate surface area is 124 Å². The van der Waals surface area contributed by atoms with Gasteiger partial charge in [0.15, 0.2) is 0 Å². The number of aryl methyl sites for hydroxylation is 1. The Morgan fingerprint density at radius 2 is 2.14 bits per heavy atom. The van der Waals surface area contributed by atoms with Gasteiger partial charge in [0, 0.05) is 25.2 Å². The van der Waals surface area contributed by atoms with Crippen molar-refractivity contribution in [1.82, 2.24) is 15.0 Å². The van der Waals surface area contributed by atoms with E-state index in [4.69, 9.17) is 5.21 Å². The summed E-state index contributed by atoms with van der Waals surface area (Å²) in [7, 11) is 0. The van der Waals surface area contributed by atoms with Gasteiger partial charge in [0.2, 0.25) is 5.91 Å². The number of hydrogen-bond acceptors (Lipinski definition) is 3. The summed E-state index contributed by atoms with van der Waals surface area (Å²) >= 11 is 0. The van der Waals surface area contributed by atoms with E-state index in [1.807, 2.05) is 0 Å². The van der Waals surface area contributed by atoms with Crippen LogP contribution in [0.2, 0.25) is 0 Å². The van der Waals surface area contributed by atoms with Gasteiger partial charge in [-0.3, -0.25) is 15.0 Å². The number of hydroxylamine groups is 1. The van der Waals surface area contributed by atoms with Crippen molar-refractivity contribution in [3.05, 3.63) is 42.1 Å². The third-order valence-corrected chi connectivity index (χ3v) is 3.55. The van der Waals surface area contributed by atoms with Crippen LogP contribution in [0.15, 0.2) is 30.5 Å². The van der Waals surface area contributed by atoms with E-state index in [0.29, 0.717) is 29.5 Å². The molecule has 0 aliphatic heterocycles. The molecule has 0 atom stereocenters. The van der Waals surface area contributed by atoms with E-state index in [2.05, 4.69) is 4.98 Å². The molecule has 3 rings (SSSR count). The highest BCUT2D eigenvalue weighted by molar-refractivity contribution is 6.06. The third kappa shape index (κ3) is 2.39. The van der Waals surface area contributed by atoms with Crippen LogP contribution in [-0.4, -0.2) is 20.7 Å². The smallest absolute Gasteiger partial charge is 0.243 e. The molecule has 0 bridgehead atoms. The predicted octanol–water partition coefficient (Wildman–Crippen LogP) is 2.75. The van der Waals surface area contributed by atoms with Gasteiger partial charge < -0.3 is 4.57 Å². The lowest BCUT2D eigenvalue weighted by Gasteiger charge is -2.06. The first-order chi connectivity index (χ1) is 10.6. The van der Waals surface area contributed by atoms with E-state index in [0.717, 1.165) is 6.07 Å². The Bertz CT molecular complexity index is 861. The van der Waals surface area contributed by atoms with Crippen LogP contribution in [0.1, 0.15) is 12.8 Å². The maximum atomic E-state index is 14.1. The predicted molar refractivity (Wildman–Crippen MR) is 76.3 cm³/mol. The topological polar surface area (TPSA) is 67.2 Å². The van der Waals surface area contributed by atoms with Gasteiger partial charge in [0.1, 0.15) is 11.6 Å². The fraction of sp³-hybridized carbons (Fsp3) is 0.200. The van der Waals surface area contributed by atoms with Crippen molar-refractivity contribution >= 4 is 27.8 Å². The summed E-state index contributed by atoms with van der Waals surface area (Å²) in [6.07, 6.45) is 2.07. The lowest BCUT2D eigenvalue weighted by molar-refractivity contribution is -0.129. The van der Waals surface area contributed by atoms with Gasteiger partial charge in [-0.2, -0.15) is 0 Å². The largest absolute Gasteiger partial charge is 0.339 e. The van der Waals surface area contributed by atoms with Crippen molar-refractivity contribution in [2.45, 2.75) is 19.4 Å². The summed E-state index contributed by atoms with van der Waals surface area (Å²) in [4.78, 5) is 15.3. The Kier molecular flexibility index (Phi) is 3.72. The van der Waals surface area contributed by atoms with Gasteiger partial charge in [-0.05, 0) is 24.6 Å². The fourth-order valence-electron chi connectivity index (χ4n) is 2.64. The molecule has 0 aliphatic rings. The lowest BCUT2D eigenvalue weighted by Crippen LogP contribution is -2.18. The number of carbonyl (C=O) groups excluding carboxylic acids is 1. The Hall–Kier alpha value is -2.54. The second kappa shape index (κ2) is 5.69. The molecule has 5 nitrogen and oxygen atoms in total. The average Bonchev–Trinajstić information content (AvgIpc) is 2.81. The van der Waals surface area contributed by atoms with Crippen LogP contribution in [0.4, 0.5) is 8.78 Å². The molecule has 2 N–H and O–H groups in total. The van der Waals surface area contributed by atoms with Gasteiger partial charge in [-0.25, -0.2) is 14.3 Å². The summed E-state index contributed by atoms with van der Waals surface area (Å²) in [5.41, 5.74) is 3.09. The average molecular weight is 305 g/mol. The number of pyridine rings is 1. The minimum absolute atomic E-state index is 0.107. The highest BCUT2D eigenvalue weighted by Gasteiger charge is 2.16. The normalized spacial score (nSPS) is 11.2. The molecule has 3 aromatic rings. The Morgan fingerprint density at radius 1 is 1.32 bits per heavy atom. The van der Waals surface area contributed by atoms with Gasteiger partial charge in [-0.15, -0.1) is 0 Å². The summed E-state index contributed by atoms with van der Waals surface area (Å²) in [5, 5.41) is 8.76. The zero-order valence-electron chi connectivity index (χ0n) is 11.5. The highest BCUT2D eigenvalue weighted by atomic mass is 19.1. The molecular formula is C15H13F2N3O2. The quantitative estimate of drug-likeness (QED) is 0.575. The molecule has 0 unspecified atom stereocenters. The van der Waals surface area contributed by atoms with Gasteiger partial charge >= 0.3 is 0 Å². The van der Waals surface area contributed by atoms with Gasteiger partial charge in [0.05, 0.1) is 21.9 Å². The molecular weight excluding hydrogens is 292 g/mol. The minimum atomic E-state index is -0.665. The molecule has 22 heavy (non-hydrogen) atoms. The molecule has 2 aromatic heterocycles. The Morgan fingerprint density at radius 3 is 2.91 bits per heavy atom. The molecule has 0 saturated carbocycles. The number of amides is 1. The van der Waals surface area contributed by atoms with E-state index < -0.39 is 17.5 Å². The van der Waals surface area contributed by atoms with E-state index in [-0.39, 0.29) is 11.8 Å². The van der Waals surface area contributed by atoms with Crippen LogP contribution in [-0.2, 0) is 11.3 Å². The van der Waals surface area contributed by atoms with Gasteiger partial charge in [0.25, 0.3) is 0 Å². The summed E-state index contributed by atoms with van der Waals surface area (Å²) in [6, 6.07) is 5.57. The highest BCUT2D eigenvalue weighted by Crippen LogP contribution is 2.30. The SMILES string of the molecule is O=C(CCCn1c2cccnc2c2c(F)cc(F)cc21)NO. The van der Waals surface area contributed by atoms with Crippen molar-refractivity contribution in [2.75, 3.05) is 0 Å². The zero-order valence-corrected chi connectivity index (χ0v) is 11.5. The fourth-order valence-corrected chi connectivity index (χ4v) is 2.64. The van der Waals surface area contributed by atoms with Crippen LogP contribution < -0.4 is 5.48 Å². The Balaban J connectivity index is 2.11. The maximum Gasteiger partial charge on any atom is 0.243 e. The number of nitrogens with zero attached hydrogens (tertiary/aromatic N) is 2. The molecule has 7 heteroatoms. The number of fused-ring (bicyclic) bond motifs is 3. The minimum Gasteiger partial charge on any atom is -0.339 e. The second-order valence-electron chi connectivity index (χ2n) is 4.94. The van der Waals surface area contributed by atoms with Crippen molar-refractivity contribution in [3.63, 3.8) is 0 Å². The first-order valence-electron chi connectivity index (χ1n) is 6.76. The van der Waals surface area contributed by atoms with Gasteiger partial charge in [-0.1, -0.05) is 0 Å². The van der Waals surface area contributed by atoms with Crippen molar-refractivity contribution in [2.24, 2.45) is 0 Å². The van der Waals surface area contributed by atoms with E-state index in [1.165, 1.54) is 6.07 Å². The second-order valence-corrected chi connectivity index (χ2v) is 4.94. The van der Waals surface area contributed by atoms with Crippen molar-refractivity contribution < 1.29 is 18.8 Å². The van der Waals surface area contributed by atoms with Crippen LogP contribution in [0.25, 0.3) is 21.9 Å². The summed E-state index contributed by atoms with van der Waals surface area (Å²) in [6.45, 7) is 0.377. The number of halogens is 2. The molecule has 0 saturated heterocycles. The monoisotopic (exact) mass is 305 g/mol. The van der Waals surface area contributed by atoms with Crippen LogP contribution in [0.3, 0.4) is 0 Å². The number of hydrogen-bond donors (Lipinski definition) is 2. The molecule has 0 aliphatic carbocycles. The number of aromatic nitrogens is 2. The first-order valence-corrected chi connectivity index (χ1v) is 6.76. The van der Waals surface area contributed by atoms with Crippen LogP contribution in [0, 0.1) is 11.6 Å². The third-order valence-electron chi connectivity index (χ3n) is 3.55. The van der Waals surface area contributed by atoms with Crippen LogP contribution >= 0.6 is 0 Å². The molecule has 1 amide bonds. The van der Waals surface area contributed by atoms with E-state index in [9.17, 15) is 13.6 Å². The molecule has 0 radical (unpaired) electrons. The van der Waals surface area contributed by atoms with E-state index >= 15 is 0 Å². The number of nitrogens with one attached hydrogen (secondary N) is 1. The lowest BCUT2D eigenvalue weighted by atomic mass is 10.2. The molecule has 1 aromatic carbocycles. The zero-order chi connectivity index (χ0) is 15.7. The first kappa shape index (κ1) is 14.4.